The van der Waals surface area contributed by atoms with Gasteiger partial charge < -0.3 is 5.32 Å². The second-order valence-corrected chi connectivity index (χ2v) is 4.61. The van der Waals surface area contributed by atoms with Gasteiger partial charge in [-0.1, -0.05) is 41.1 Å². The second-order valence-electron chi connectivity index (χ2n) is 3.75. The Morgan fingerprint density at radius 1 is 1.41 bits per heavy atom. The molecule has 1 aromatic heterocycles. The molecule has 0 spiro atoms. The van der Waals surface area contributed by atoms with Crippen molar-refractivity contribution >= 4 is 15.9 Å². The molecule has 90 valence electrons. The molecular weight excluding hydrogens is 280 g/mol. The number of nitrogens with one attached hydrogen (secondary N) is 1. The van der Waals surface area contributed by atoms with E-state index in [1.54, 1.807) is 11.0 Å². The van der Waals surface area contributed by atoms with E-state index in [0.29, 0.717) is 0 Å². The summed E-state index contributed by atoms with van der Waals surface area (Å²) in [6.07, 6.45) is 1.58. The highest BCUT2D eigenvalue weighted by atomic mass is 79.9. The summed E-state index contributed by atoms with van der Waals surface area (Å²) in [6, 6.07) is 8.22. The third-order valence-electron chi connectivity index (χ3n) is 2.63. The Balaban J connectivity index is 2.43. The number of aromatic nitrogens is 3. The molecule has 1 atom stereocenters. The molecule has 0 amide bonds. The Kier molecular flexibility index (Phi) is 3.91. The van der Waals surface area contributed by atoms with Crippen molar-refractivity contribution in [1.82, 2.24) is 20.1 Å². The third kappa shape index (κ3) is 2.56. The van der Waals surface area contributed by atoms with Gasteiger partial charge in [-0.05, 0) is 18.2 Å². The minimum Gasteiger partial charge on any atom is -0.304 e. The van der Waals surface area contributed by atoms with Gasteiger partial charge in [-0.25, -0.2) is 4.98 Å². The van der Waals surface area contributed by atoms with E-state index in [1.165, 1.54) is 5.56 Å². The van der Waals surface area contributed by atoms with Crippen molar-refractivity contribution in [2.75, 3.05) is 6.54 Å². The molecule has 2 rings (SSSR count). The van der Waals surface area contributed by atoms with Crippen molar-refractivity contribution in [3.05, 3.63) is 46.5 Å². The van der Waals surface area contributed by atoms with Crippen LogP contribution in [0.25, 0.3) is 0 Å². The van der Waals surface area contributed by atoms with E-state index in [0.717, 1.165) is 16.8 Å². The van der Waals surface area contributed by atoms with Crippen LogP contribution in [0.3, 0.4) is 0 Å². The summed E-state index contributed by atoms with van der Waals surface area (Å²) in [5, 5.41) is 7.55. The molecule has 1 unspecified atom stereocenters. The molecule has 17 heavy (non-hydrogen) atoms. The Labute approximate surface area is 109 Å². The van der Waals surface area contributed by atoms with Crippen LogP contribution in [-0.2, 0) is 7.05 Å². The molecule has 1 N–H and O–H groups in total. The number of hydrogen-bond acceptors (Lipinski definition) is 3. The van der Waals surface area contributed by atoms with Gasteiger partial charge in [0.2, 0.25) is 0 Å². The van der Waals surface area contributed by atoms with Crippen LogP contribution in [0.5, 0.6) is 0 Å². The van der Waals surface area contributed by atoms with Gasteiger partial charge in [0.25, 0.3) is 0 Å². The number of benzene rings is 1. The molecule has 1 heterocycles. The fraction of sp³-hybridized carbons (Fsp3) is 0.333. The lowest BCUT2D eigenvalue weighted by molar-refractivity contribution is 0.558. The SMILES string of the molecule is CCNC(c1ccccc1Br)c1ncnn1C. The van der Waals surface area contributed by atoms with Crippen molar-refractivity contribution in [2.45, 2.75) is 13.0 Å². The lowest BCUT2D eigenvalue weighted by Gasteiger charge is -2.18. The maximum absolute atomic E-state index is 4.32. The van der Waals surface area contributed by atoms with E-state index in [2.05, 4.69) is 44.3 Å². The van der Waals surface area contributed by atoms with Gasteiger partial charge in [-0.15, -0.1) is 0 Å². The molecule has 0 radical (unpaired) electrons. The van der Waals surface area contributed by atoms with Crippen LogP contribution in [-0.4, -0.2) is 21.3 Å². The number of hydrogen-bond donors (Lipinski definition) is 1. The molecule has 0 aliphatic rings. The van der Waals surface area contributed by atoms with Crippen molar-refractivity contribution in [2.24, 2.45) is 7.05 Å². The summed E-state index contributed by atoms with van der Waals surface area (Å²) >= 11 is 3.58. The van der Waals surface area contributed by atoms with Crippen LogP contribution in [0.2, 0.25) is 0 Å². The minimum absolute atomic E-state index is 0.0584. The molecule has 0 aliphatic carbocycles. The Morgan fingerprint density at radius 3 is 2.76 bits per heavy atom. The van der Waals surface area contributed by atoms with Crippen molar-refractivity contribution in [3.8, 4) is 0 Å². The average Bonchev–Trinajstić information content (AvgIpc) is 2.74. The summed E-state index contributed by atoms with van der Waals surface area (Å²) in [6.45, 7) is 2.96. The maximum Gasteiger partial charge on any atom is 0.148 e. The fourth-order valence-electron chi connectivity index (χ4n) is 1.82. The van der Waals surface area contributed by atoms with E-state index in [9.17, 15) is 0 Å². The molecule has 0 fully saturated rings. The second kappa shape index (κ2) is 5.42. The largest absolute Gasteiger partial charge is 0.304 e. The first kappa shape index (κ1) is 12.3. The van der Waals surface area contributed by atoms with Crippen LogP contribution in [0.1, 0.15) is 24.4 Å². The van der Waals surface area contributed by atoms with Gasteiger partial charge in [0.15, 0.2) is 0 Å². The van der Waals surface area contributed by atoms with E-state index in [-0.39, 0.29) is 6.04 Å². The van der Waals surface area contributed by atoms with E-state index < -0.39 is 0 Å². The third-order valence-corrected chi connectivity index (χ3v) is 3.35. The normalized spacial score (nSPS) is 12.6. The fourth-order valence-corrected chi connectivity index (χ4v) is 2.33. The first-order chi connectivity index (χ1) is 8.24. The van der Waals surface area contributed by atoms with Crippen molar-refractivity contribution in [1.29, 1.82) is 0 Å². The van der Waals surface area contributed by atoms with Crippen LogP contribution in [0, 0.1) is 0 Å². The van der Waals surface area contributed by atoms with E-state index >= 15 is 0 Å². The monoisotopic (exact) mass is 294 g/mol. The zero-order chi connectivity index (χ0) is 12.3. The predicted octanol–water partition coefficient (Wildman–Crippen LogP) is 2.28. The number of rotatable bonds is 4. The highest BCUT2D eigenvalue weighted by molar-refractivity contribution is 9.10. The van der Waals surface area contributed by atoms with Crippen LogP contribution in [0.4, 0.5) is 0 Å². The van der Waals surface area contributed by atoms with Gasteiger partial charge in [-0.3, -0.25) is 4.68 Å². The van der Waals surface area contributed by atoms with E-state index in [4.69, 9.17) is 0 Å². The standard InChI is InChI=1S/C12H15BrN4/c1-3-14-11(12-15-8-16-17(12)2)9-6-4-5-7-10(9)13/h4-8,11,14H,3H2,1-2H3. The summed E-state index contributed by atoms with van der Waals surface area (Å²) in [5.74, 6) is 0.916. The molecule has 0 bridgehead atoms. The summed E-state index contributed by atoms with van der Waals surface area (Å²) in [4.78, 5) is 4.32. The number of nitrogens with zero attached hydrogens (tertiary/aromatic N) is 3. The topological polar surface area (TPSA) is 42.7 Å². The average molecular weight is 295 g/mol. The van der Waals surface area contributed by atoms with Gasteiger partial charge in [-0.2, -0.15) is 5.10 Å². The molecular formula is C12H15BrN4. The molecule has 0 saturated heterocycles. The summed E-state index contributed by atoms with van der Waals surface area (Å²) < 4.78 is 2.88. The summed E-state index contributed by atoms with van der Waals surface area (Å²) in [5.41, 5.74) is 1.17. The molecule has 4 nitrogen and oxygen atoms in total. The van der Waals surface area contributed by atoms with Crippen LogP contribution >= 0.6 is 15.9 Å². The van der Waals surface area contributed by atoms with Crippen molar-refractivity contribution in [3.63, 3.8) is 0 Å². The molecule has 5 heteroatoms. The van der Waals surface area contributed by atoms with Crippen LogP contribution in [0.15, 0.2) is 35.1 Å². The highest BCUT2D eigenvalue weighted by Crippen LogP contribution is 2.26. The summed E-state index contributed by atoms with van der Waals surface area (Å²) in [7, 11) is 1.91. The molecule has 2 aromatic rings. The van der Waals surface area contributed by atoms with E-state index in [1.807, 2.05) is 25.2 Å². The Hall–Kier alpha value is -1.20. The first-order valence-corrected chi connectivity index (χ1v) is 6.35. The zero-order valence-corrected chi connectivity index (χ0v) is 11.5. The quantitative estimate of drug-likeness (QED) is 0.941. The van der Waals surface area contributed by atoms with Crippen molar-refractivity contribution < 1.29 is 0 Å². The Bertz CT molecular complexity index is 495. The first-order valence-electron chi connectivity index (χ1n) is 5.55. The minimum atomic E-state index is 0.0584. The van der Waals surface area contributed by atoms with Gasteiger partial charge in [0.1, 0.15) is 12.2 Å². The number of halogens is 1. The van der Waals surface area contributed by atoms with Gasteiger partial charge in [0, 0.05) is 11.5 Å². The smallest absolute Gasteiger partial charge is 0.148 e. The lowest BCUT2D eigenvalue weighted by atomic mass is 10.1. The molecule has 1 aromatic carbocycles. The zero-order valence-electron chi connectivity index (χ0n) is 9.89. The predicted molar refractivity (Wildman–Crippen MR) is 70.7 cm³/mol. The van der Waals surface area contributed by atoms with Crippen LogP contribution < -0.4 is 5.32 Å². The molecule has 0 saturated carbocycles. The van der Waals surface area contributed by atoms with Gasteiger partial charge in [0.05, 0.1) is 6.04 Å². The molecule has 0 aliphatic heterocycles. The Morgan fingerprint density at radius 2 is 2.18 bits per heavy atom. The lowest BCUT2D eigenvalue weighted by Crippen LogP contribution is -2.25. The highest BCUT2D eigenvalue weighted by Gasteiger charge is 2.19. The number of aryl methyl sites for hydroxylation is 1. The van der Waals surface area contributed by atoms with Gasteiger partial charge >= 0.3 is 0 Å². The maximum atomic E-state index is 4.32.